The second-order valence-corrected chi connectivity index (χ2v) is 5.83. The van der Waals surface area contributed by atoms with Gasteiger partial charge in [-0.2, -0.15) is 0 Å². The second-order valence-electron chi connectivity index (χ2n) is 5.83. The number of anilines is 1. The number of nitrogens with one attached hydrogen (secondary N) is 3. The van der Waals surface area contributed by atoms with Crippen molar-refractivity contribution >= 4 is 5.69 Å². The number of benzene rings is 1. The molecule has 0 saturated carbocycles. The maximum atomic E-state index is 3.64. The van der Waals surface area contributed by atoms with E-state index in [1.54, 1.807) is 0 Å². The molecule has 3 nitrogen and oxygen atoms in total. The third-order valence-corrected chi connectivity index (χ3v) is 4.39. The van der Waals surface area contributed by atoms with Crippen molar-refractivity contribution in [3.63, 3.8) is 0 Å². The van der Waals surface area contributed by atoms with E-state index in [9.17, 15) is 0 Å². The molecule has 1 aromatic rings. The van der Waals surface area contributed by atoms with Crippen LogP contribution in [0.4, 0.5) is 5.69 Å². The van der Waals surface area contributed by atoms with Gasteiger partial charge in [0, 0.05) is 18.3 Å². The fourth-order valence-corrected chi connectivity index (χ4v) is 3.22. The topological polar surface area (TPSA) is 36.1 Å². The van der Waals surface area contributed by atoms with Gasteiger partial charge in [0.25, 0.3) is 0 Å². The zero-order valence-electron chi connectivity index (χ0n) is 11.6. The van der Waals surface area contributed by atoms with Crippen LogP contribution in [0.1, 0.15) is 37.2 Å². The SMILES string of the molecule is c1cc(C2CCNCC2)ccc1NC1CCCNC1. The summed E-state index contributed by atoms with van der Waals surface area (Å²) in [7, 11) is 0. The second kappa shape index (κ2) is 6.40. The lowest BCUT2D eigenvalue weighted by Crippen LogP contribution is -2.38. The maximum absolute atomic E-state index is 3.64. The number of hydrogen-bond acceptors (Lipinski definition) is 3. The monoisotopic (exact) mass is 259 g/mol. The van der Waals surface area contributed by atoms with Crippen LogP contribution >= 0.6 is 0 Å². The highest BCUT2D eigenvalue weighted by Gasteiger charge is 2.15. The molecule has 2 fully saturated rings. The Kier molecular flexibility index (Phi) is 4.36. The van der Waals surface area contributed by atoms with Gasteiger partial charge < -0.3 is 16.0 Å². The van der Waals surface area contributed by atoms with Crippen LogP contribution in [0.25, 0.3) is 0 Å². The van der Waals surface area contributed by atoms with Crippen molar-refractivity contribution < 1.29 is 0 Å². The van der Waals surface area contributed by atoms with E-state index in [0.29, 0.717) is 6.04 Å². The summed E-state index contributed by atoms with van der Waals surface area (Å²) in [4.78, 5) is 0. The molecule has 2 aliphatic heterocycles. The Bertz CT molecular complexity index is 375. The molecule has 104 valence electrons. The van der Waals surface area contributed by atoms with Crippen LogP contribution in [0.3, 0.4) is 0 Å². The van der Waals surface area contributed by atoms with E-state index in [2.05, 4.69) is 40.2 Å². The van der Waals surface area contributed by atoms with Gasteiger partial charge in [0.2, 0.25) is 0 Å². The van der Waals surface area contributed by atoms with Crippen molar-refractivity contribution in [1.29, 1.82) is 0 Å². The van der Waals surface area contributed by atoms with Gasteiger partial charge in [-0.05, 0) is 68.9 Å². The maximum Gasteiger partial charge on any atom is 0.0386 e. The summed E-state index contributed by atoms with van der Waals surface area (Å²) in [6.45, 7) is 4.60. The molecule has 1 aromatic carbocycles. The van der Waals surface area contributed by atoms with Gasteiger partial charge in [-0.25, -0.2) is 0 Å². The number of piperidine rings is 2. The molecule has 2 heterocycles. The Morgan fingerprint density at radius 2 is 1.68 bits per heavy atom. The first-order chi connectivity index (χ1) is 9.42. The average molecular weight is 259 g/mol. The molecule has 0 bridgehead atoms. The van der Waals surface area contributed by atoms with Crippen molar-refractivity contribution in [3.05, 3.63) is 29.8 Å². The van der Waals surface area contributed by atoms with Gasteiger partial charge in [-0.1, -0.05) is 12.1 Å². The van der Waals surface area contributed by atoms with E-state index in [-0.39, 0.29) is 0 Å². The first kappa shape index (κ1) is 12.9. The zero-order valence-corrected chi connectivity index (χ0v) is 11.6. The van der Waals surface area contributed by atoms with Crippen LogP contribution in [0, 0.1) is 0 Å². The molecule has 3 heteroatoms. The summed E-state index contributed by atoms with van der Waals surface area (Å²) < 4.78 is 0. The van der Waals surface area contributed by atoms with Crippen LogP contribution in [0.5, 0.6) is 0 Å². The molecular weight excluding hydrogens is 234 g/mol. The van der Waals surface area contributed by atoms with Crippen LogP contribution < -0.4 is 16.0 Å². The van der Waals surface area contributed by atoms with Gasteiger partial charge >= 0.3 is 0 Å². The Balaban J connectivity index is 1.58. The lowest BCUT2D eigenvalue weighted by atomic mass is 9.90. The molecule has 0 amide bonds. The Morgan fingerprint density at radius 1 is 0.895 bits per heavy atom. The van der Waals surface area contributed by atoms with Crippen molar-refractivity contribution in [3.8, 4) is 0 Å². The van der Waals surface area contributed by atoms with Gasteiger partial charge in [-0.15, -0.1) is 0 Å². The summed E-state index contributed by atoms with van der Waals surface area (Å²) in [5.74, 6) is 0.756. The van der Waals surface area contributed by atoms with Gasteiger partial charge in [0.05, 0.1) is 0 Å². The minimum Gasteiger partial charge on any atom is -0.381 e. The molecule has 3 rings (SSSR count). The highest BCUT2D eigenvalue weighted by molar-refractivity contribution is 5.46. The Morgan fingerprint density at radius 3 is 2.37 bits per heavy atom. The molecule has 0 aromatic heterocycles. The van der Waals surface area contributed by atoms with Crippen LogP contribution in [0.2, 0.25) is 0 Å². The summed E-state index contributed by atoms with van der Waals surface area (Å²) in [6, 6.07) is 9.74. The van der Waals surface area contributed by atoms with E-state index in [0.717, 1.165) is 12.5 Å². The molecule has 3 N–H and O–H groups in total. The van der Waals surface area contributed by atoms with E-state index in [4.69, 9.17) is 0 Å². The van der Waals surface area contributed by atoms with E-state index >= 15 is 0 Å². The minimum atomic E-state index is 0.596. The lowest BCUT2D eigenvalue weighted by Gasteiger charge is -2.26. The van der Waals surface area contributed by atoms with E-state index < -0.39 is 0 Å². The molecule has 1 atom stereocenters. The molecule has 0 spiro atoms. The fourth-order valence-electron chi connectivity index (χ4n) is 3.22. The average Bonchev–Trinajstić information content (AvgIpc) is 2.50. The van der Waals surface area contributed by atoms with Gasteiger partial charge in [0.1, 0.15) is 0 Å². The van der Waals surface area contributed by atoms with Crippen molar-refractivity contribution in [1.82, 2.24) is 10.6 Å². The highest BCUT2D eigenvalue weighted by Crippen LogP contribution is 2.26. The summed E-state index contributed by atoms with van der Waals surface area (Å²) in [6.07, 6.45) is 5.12. The fraction of sp³-hybridized carbons (Fsp3) is 0.625. The van der Waals surface area contributed by atoms with Crippen molar-refractivity contribution in [2.24, 2.45) is 0 Å². The number of hydrogen-bond donors (Lipinski definition) is 3. The summed E-state index contributed by atoms with van der Waals surface area (Å²) in [5, 5.41) is 10.5. The first-order valence-electron chi connectivity index (χ1n) is 7.70. The van der Waals surface area contributed by atoms with Crippen LogP contribution in [-0.4, -0.2) is 32.2 Å². The Labute approximate surface area is 116 Å². The lowest BCUT2D eigenvalue weighted by molar-refractivity contribution is 0.460. The zero-order chi connectivity index (χ0) is 12.9. The molecule has 19 heavy (non-hydrogen) atoms. The normalized spacial score (nSPS) is 25.2. The molecule has 2 saturated heterocycles. The molecular formula is C16H25N3. The third kappa shape index (κ3) is 3.48. The smallest absolute Gasteiger partial charge is 0.0386 e. The third-order valence-electron chi connectivity index (χ3n) is 4.39. The predicted molar refractivity (Wildman–Crippen MR) is 80.8 cm³/mol. The minimum absolute atomic E-state index is 0.596. The molecule has 1 unspecified atom stereocenters. The Hall–Kier alpha value is -1.06. The van der Waals surface area contributed by atoms with E-state index in [1.165, 1.54) is 56.6 Å². The largest absolute Gasteiger partial charge is 0.381 e. The molecule has 2 aliphatic rings. The molecule has 0 aliphatic carbocycles. The number of rotatable bonds is 3. The van der Waals surface area contributed by atoms with E-state index in [1.807, 2.05) is 0 Å². The highest BCUT2D eigenvalue weighted by atomic mass is 15.0. The van der Waals surface area contributed by atoms with Crippen LogP contribution in [0.15, 0.2) is 24.3 Å². The predicted octanol–water partition coefficient (Wildman–Crippen LogP) is 2.32. The molecule has 0 radical (unpaired) electrons. The van der Waals surface area contributed by atoms with Crippen molar-refractivity contribution in [2.75, 3.05) is 31.5 Å². The summed E-state index contributed by atoms with van der Waals surface area (Å²) in [5.41, 5.74) is 2.78. The quantitative estimate of drug-likeness (QED) is 0.779. The van der Waals surface area contributed by atoms with Crippen molar-refractivity contribution in [2.45, 2.75) is 37.6 Å². The van der Waals surface area contributed by atoms with Gasteiger partial charge in [-0.3, -0.25) is 0 Å². The van der Waals surface area contributed by atoms with Crippen LogP contribution in [-0.2, 0) is 0 Å². The first-order valence-corrected chi connectivity index (χ1v) is 7.70. The van der Waals surface area contributed by atoms with Gasteiger partial charge in [0.15, 0.2) is 0 Å². The summed E-state index contributed by atoms with van der Waals surface area (Å²) >= 11 is 0. The standard InChI is InChI=1S/C16H25N3/c1-2-16(12-18-9-1)19-15-5-3-13(4-6-15)14-7-10-17-11-8-14/h3-6,14,16-19H,1-2,7-12H2.